The van der Waals surface area contributed by atoms with Gasteiger partial charge >= 0.3 is 0 Å². The van der Waals surface area contributed by atoms with Crippen LogP contribution >= 0.6 is 24.2 Å². The Hall–Kier alpha value is 0.640. The van der Waals surface area contributed by atoms with Gasteiger partial charge in [0.25, 0.3) is 0 Å². The molecule has 0 bridgehead atoms. The number of halogens is 1. The van der Waals surface area contributed by atoms with E-state index in [1.807, 2.05) is 0 Å². The lowest BCUT2D eigenvalue weighted by Crippen LogP contribution is -1.87. The minimum Gasteiger partial charge on any atom is -0.162 e. The van der Waals surface area contributed by atoms with Crippen LogP contribution in [0.2, 0.25) is 0 Å². The Morgan fingerprint density at radius 3 is 0.846 bits per heavy atom. The quantitative estimate of drug-likeness (QED) is 0.161. The fourth-order valence-corrected chi connectivity index (χ4v) is 4.51. The molecule has 0 aromatic rings. The first-order valence-corrected chi connectivity index (χ1v) is 13.1. The molecule has 0 saturated carbocycles. The lowest BCUT2D eigenvalue weighted by Gasteiger charge is -2.04. The Kier molecular flexibility index (Phi) is 30.9. The minimum atomic E-state index is 0. The van der Waals surface area contributed by atoms with Gasteiger partial charge in [0.2, 0.25) is 0 Å². The van der Waals surface area contributed by atoms with Gasteiger partial charge in [0, 0.05) is 0 Å². The molecule has 0 aromatic heterocycles. The molecule has 0 saturated heterocycles. The maximum atomic E-state index is 2.30. The predicted octanol–water partition coefficient (Wildman–Crippen LogP) is 9.98. The molecular formula is C24H51ClS. The first kappa shape index (κ1) is 28.8. The molecule has 0 fully saturated rings. The van der Waals surface area contributed by atoms with Crippen LogP contribution in [0.5, 0.6) is 0 Å². The number of hydrogen-bond donors (Lipinski definition) is 0. The van der Waals surface area contributed by atoms with E-state index in [4.69, 9.17) is 0 Å². The van der Waals surface area contributed by atoms with Crippen molar-refractivity contribution in [1.29, 1.82) is 0 Å². The highest BCUT2D eigenvalue weighted by Gasteiger charge is 1.95. The maximum Gasteiger partial charge on any atom is -0.00675 e. The first-order chi connectivity index (χ1) is 12.4. The van der Waals surface area contributed by atoms with Crippen molar-refractivity contribution in [3.8, 4) is 0 Å². The highest BCUT2D eigenvalue weighted by atomic mass is 35.5. The van der Waals surface area contributed by atoms with E-state index in [1.165, 1.54) is 140 Å². The molecule has 2 heteroatoms. The van der Waals surface area contributed by atoms with E-state index in [9.17, 15) is 0 Å². The van der Waals surface area contributed by atoms with Gasteiger partial charge in [-0.3, -0.25) is 0 Å². The Morgan fingerprint density at radius 2 is 0.577 bits per heavy atom. The van der Waals surface area contributed by atoms with E-state index >= 15 is 0 Å². The van der Waals surface area contributed by atoms with Crippen LogP contribution < -0.4 is 0 Å². The van der Waals surface area contributed by atoms with Gasteiger partial charge < -0.3 is 0 Å². The van der Waals surface area contributed by atoms with Crippen molar-refractivity contribution in [2.45, 2.75) is 142 Å². The van der Waals surface area contributed by atoms with Gasteiger partial charge in [0.1, 0.15) is 0 Å². The standard InChI is InChI=1S/C24H50S.ClH/c1-3-5-7-9-11-13-15-17-19-21-23-25-24-22-20-18-16-14-12-10-8-6-4-2;/h3-24H2,1-2H3;1H. The number of hydrogen-bond acceptors (Lipinski definition) is 1. The summed E-state index contributed by atoms with van der Waals surface area (Å²) in [5.74, 6) is 2.82. The highest BCUT2D eigenvalue weighted by Crippen LogP contribution is 2.15. The van der Waals surface area contributed by atoms with Gasteiger partial charge in [-0.15, -0.1) is 12.4 Å². The molecule has 0 radical (unpaired) electrons. The van der Waals surface area contributed by atoms with Crippen LogP contribution in [0, 0.1) is 0 Å². The van der Waals surface area contributed by atoms with Crippen LogP contribution in [0.15, 0.2) is 0 Å². The number of unbranched alkanes of at least 4 members (excludes halogenated alkanes) is 18. The molecule has 0 unspecified atom stereocenters. The summed E-state index contributed by atoms with van der Waals surface area (Å²) in [6.45, 7) is 4.60. The monoisotopic (exact) mass is 406 g/mol. The second-order valence-corrected chi connectivity index (χ2v) is 9.20. The van der Waals surface area contributed by atoms with Crippen molar-refractivity contribution < 1.29 is 0 Å². The summed E-state index contributed by atoms with van der Waals surface area (Å²) in [7, 11) is 0. The van der Waals surface area contributed by atoms with Crippen LogP contribution in [0.25, 0.3) is 0 Å². The second-order valence-electron chi connectivity index (χ2n) is 7.98. The van der Waals surface area contributed by atoms with E-state index in [0.717, 1.165) is 0 Å². The fraction of sp³-hybridized carbons (Fsp3) is 1.00. The average Bonchev–Trinajstić information content (AvgIpc) is 2.63. The molecule has 0 aromatic carbocycles. The van der Waals surface area contributed by atoms with Crippen LogP contribution in [0.1, 0.15) is 142 Å². The molecule has 0 heterocycles. The van der Waals surface area contributed by atoms with Crippen molar-refractivity contribution >= 4 is 24.2 Å². The summed E-state index contributed by atoms with van der Waals surface area (Å²) >= 11 is 2.21. The van der Waals surface area contributed by atoms with Gasteiger partial charge in [-0.05, 0) is 24.3 Å². The predicted molar refractivity (Wildman–Crippen MR) is 128 cm³/mol. The van der Waals surface area contributed by atoms with Crippen molar-refractivity contribution in [3.63, 3.8) is 0 Å². The summed E-state index contributed by atoms with van der Waals surface area (Å²) < 4.78 is 0. The first-order valence-electron chi connectivity index (χ1n) is 12.0. The van der Waals surface area contributed by atoms with Crippen molar-refractivity contribution in [1.82, 2.24) is 0 Å². The highest BCUT2D eigenvalue weighted by molar-refractivity contribution is 7.99. The van der Waals surface area contributed by atoms with Crippen LogP contribution in [-0.2, 0) is 0 Å². The van der Waals surface area contributed by atoms with Crippen molar-refractivity contribution in [3.05, 3.63) is 0 Å². The Morgan fingerprint density at radius 1 is 0.346 bits per heavy atom. The van der Waals surface area contributed by atoms with Crippen molar-refractivity contribution in [2.75, 3.05) is 11.5 Å². The summed E-state index contributed by atoms with van der Waals surface area (Å²) in [5.41, 5.74) is 0. The third kappa shape index (κ3) is 26.9. The molecular weight excluding hydrogens is 356 g/mol. The molecule has 0 amide bonds. The molecule has 160 valence electrons. The Bertz CT molecular complexity index is 198. The summed E-state index contributed by atoms with van der Waals surface area (Å²) in [5, 5.41) is 0. The van der Waals surface area contributed by atoms with Crippen LogP contribution in [0.3, 0.4) is 0 Å². The Labute approximate surface area is 177 Å². The molecule has 0 rings (SSSR count). The topological polar surface area (TPSA) is 0 Å². The van der Waals surface area contributed by atoms with Gasteiger partial charge in [-0.25, -0.2) is 0 Å². The normalized spacial score (nSPS) is 10.8. The summed E-state index contributed by atoms with van der Waals surface area (Å²) in [6, 6.07) is 0. The zero-order valence-corrected chi connectivity index (χ0v) is 20.0. The number of thioether (sulfide) groups is 1. The molecule has 26 heavy (non-hydrogen) atoms. The third-order valence-electron chi connectivity index (χ3n) is 5.28. The van der Waals surface area contributed by atoms with E-state index in [1.54, 1.807) is 0 Å². The van der Waals surface area contributed by atoms with Gasteiger partial charge in [-0.1, -0.05) is 129 Å². The lowest BCUT2D eigenvalue weighted by atomic mass is 10.1. The summed E-state index contributed by atoms with van der Waals surface area (Å²) in [4.78, 5) is 0. The lowest BCUT2D eigenvalue weighted by molar-refractivity contribution is 0.562. The molecule has 0 nitrogen and oxygen atoms in total. The SMILES string of the molecule is CCCCCCCCCCCCSCCCCCCCCCCCC.Cl. The maximum absolute atomic E-state index is 2.30. The largest absolute Gasteiger partial charge is 0.162 e. The molecule has 0 aliphatic carbocycles. The zero-order chi connectivity index (χ0) is 18.3. The zero-order valence-electron chi connectivity index (χ0n) is 18.4. The minimum absolute atomic E-state index is 0. The molecule has 0 spiro atoms. The summed E-state index contributed by atoms with van der Waals surface area (Å²) in [6.07, 6.45) is 29.2. The smallest absolute Gasteiger partial charge is 0.00675 e. The molecule has 0 aliphatic heterocycles. The van der Waals surface area contributed by atoms with Crippen LogP contribution in [0.4, 0.5) is 0 Å². The molecule has 0 N–H and O–H groups in total. The number of rotatable bonds is 22. The average molecular weight is 407 g/mol. The van der Waals surface area contributed by atoms with E-state index in [0.29, 0.717) is 0 Å². The second kappa shape index (κ2) is 27.9. The van der Waals surface area contributed by atoms with Crippen LogP contribution in [-0.4, -0.2) is 11.5 Å². The Balaban J connectivity index is 0. The van der Waals surface area contributed by atoms with Gasteiger partial charge in [-0.2, -0.15) is 11.8 Å². The van der Waals surface area contributed by atoms with E-state index in [-0.39, 0.29) is 12.4 Å². The van der Waals surface area contributed by atoms with E-state index < -0.39 is 0 Å². The fourth-order valence-electron chi connectivity index (χ4n) is 3.49. The molecule has 0 aliphatic rings. The van der Waals surface area contributed by atoms with E-state index in [2.05, 4.69) is 25.6 Å². The van der Waals surface area contributed by atoms with Gasteiger partial charge in [0.15, 0.2) is 0 Å². The van der Waals surface area contributed by atoms with Gasteiger partial charge in [0.05, 0.1) is 0 Å². The third-order valence-corrected chi connectivity index (χ3v) is 6.44. The molecule has 0 atom stereocenters. The van der Waals surface area contributed by atoms with Crippen molar-refractivity contribution in [2.24, 2.45) is 0 Å².